The van der Waals surface area contributed by atoms with Gasteiger partial charge in [-0.1, -0.05) is 34.8 Å². The van der Waals surface area contributed by atoms with Crippen LogP contribution in [0.15, 0.2) is 30.3 Å². The lowest BCUT2D eigenvalue weighted by molar-refractivity contribution is -0.125. The van der Waals surface area contributed by atoms with Gasteiger partial charge in [0.1, 0.15) is 19.3 Å². The van der Waals surface area contributed by atoms with Crippen molar-refractivity contribution in [2.75, 3.05) is 19.8 Å². The van der Waals surface area contributed by atoms with Crippen molar-refractivity contribution in [3.63, 3.8) is 0 Å². The molecule has 4 rings (SSSR count). The van der Waals surface area contributed by atoms with Crippen LogP contribution in [0.1, 0.15) is 28.8 Å². The van der Waals surface area contributed by atoms with Crippen LogP contribution in [0.5, 0.6) is 11.5 Å². The SMILES string of the molecule is O=C(NCc1cc(Cl)c2c(c1)OCCO2)C1CCCN1C(=O)c1ccc(Cl)c(Cl)c1. The molecule has 30 heavy (non-hydrogen) atoms. The number of hydrogen-bond acceptors (Lipinski definition) is 4. The van der Waals surface area contributed by atoms with Crippen LogP contribution >= 0.6 is 34.8 Å². The average molecular weight is 470 g/mol. The van der Waals surface area contributed by atoms with Gasteiger partial charge in [-0.15, -0.1) is 0 Å². The number of benzene rings is 2. The first-order chi connectivity index (χ1) is 14.4. The quantitative estimate of drug-likeness (QED) is 0.723. The van der Waals surface area contributed by atoms with Gasteiger partial charge >= 0.3 is 0 Å². The number of carbonyl (C=O) groups is 2. The van der Waals surface area contributed by atoms with Crippen LogP contribution in [0.2, 0.25) is 15.1 Å². The van der Waals surface area contributed by atoms with Crippen LogP contribution in [-0.4, -0.2) is 42.5 Å². The molecule has 0 bridgehead atoms. The number of carbonyl (C=O) groups excluding carboxylic acids is 2. The fourth-order valence-corrected chi connectivity index (χ4v) is 4.24. The molecule has 1 fully saturated rings. The second-order valence-electron chi connectivity index (χ2n) is 7.11. The van der Waals surface area contributed by atoms with Crippen molar-refractivity contribution >= 4 is 46.6 Å². The molecule has 2 aliphatic rings. The van der Waals surface area contributed by atoms with E-state index in [9.17, 15) is 9.59 Å². The monoisotopic (exact) mass is 468 g/mol. The minimum absolute atomic E-state index is 0.216. The van der Waals surface area contributed by atoms with E-state index in [0.717, 1.165) is 12.0 Å². The van der Waals surface area contributed by atoms with Gasteiger partial charge in [-0.25, -0.2) is 0 Å². The Morgan fingerprint density at radius 3 is 2.63 bits per heavy atom. The lowest BCUT2D eigenvalue weighted by Crippen LogP contribution is -2.45. The van der Waals surface area contributed by atoms with Crippen molar-refractivity contribution in [3.05, 3.63) is 56.5 Å². The van der Waals surface area contributed by atoms with E-state index in [2.05, 4.69) is 5.32 Å². The van der Waals surface area contributed by atoms with Crippen molar-refractivity contribution in [3.8, 4) is 11.5 Å². The smallest absolute Gasteiger partial charge is 0.254 e. The summed E-state index contributed by atoms with van der Waals surface area (Å²) in [4.78, 5) is 27.3. The van der Waals surface area contributed by atoms with Gasteiger partial charge in [-0.2, -0.15) is 0 Å². The average Bonchev–Trinajstić information content (AvgIpc) is 3.23. The van der Waals surface area contributed by atoms with E-state index in [1.807, 2.05) is 0 Å². The maximum Gasteiger partial charge on any atom is 0.254 e. The number of likely N-dealkylation sites (tertiary alicyclic amines) is 1. The summed E-state index contributed by atoms with van der Waals surface area (Å²) in [5.41, 5.74) is 1.20. The summed E-state index contributed by atoms with van der Waals surface area (Å²) in [5.74, 6) is 0.628. The van der Waals surface area contributed by atoms with Crippen molar-refractivity contribution < 1.29 is 19.1 Å². The third kappa shape index (κ3) is 4.31. The molecule has 0 aromatic heterocycles. The van der Waals surface area contributed by atoms with Gasteiger partial charge in [0.25, 0.3) is 5.91 Å². The predicted molar refractivity (Wildman–Crippen MR) is 115 cm³/mol. The third-order valence-corrected chi connectivity index (χ3v) is 6.13. The van der Waals surface area contributed by atoms with Crippen LogP contribution in [-0.2, 0) is 11.3 Å². The minimum atomic E-state index is -0.542. The summed E-state index contributed by atoms with van der Waals surface area (Å²) in [6, 6.07) is 7.71. The lowest BCUT2D eigenvalue weighted by Gasteiger charge is -2.24. The number of rotatable bonds is 4. The Kier molecular flexibility index (Phi) is 6.27. The molecule has 1 saturated heterocycles. The molecule has 6 nitrogen and oxygen atoms in total. The van der Waals surface area contributed by atoms with Gasteiger partial charge in [0.2, 0.25) is 5.91 Å². The van der Waals surface area contributed by atoms with Crippen molar-refractivity contribution in [1.29, 1.82) is 0 Å². The highest BCUT2D eigenvalue weighted by atomic mass is 35.5. The van der Waals surface area contributed by atoms with Gasteiger partial charge in [-0.3, -0.25) is 9.59 Å². The molecule has 2 amide bonds. The summed E-state index contributed by atoms with van der Waals surface area (Å²) in [6.07, 6.45) is 1.35. The minimum Gasteiger partial charge on any atom is -0.486 e. The van der Waals surface area contributed by atoms with Crippen LogP contribution in [0, 0.1) is 0 Å². The summed E-state index contributed by atoms with van der Waals surface area (Å²) < 4.78 is 11.1. The van der Waals surface area contributed by atoms with Crippen molar-refractivity contribution in [2.45, 2.75) is 25.4 Å². The largest absolute Gasteiger partial charge is 0.486 e. The Hall–Kier alpha value is -2.15. The van der Waals surface area contributed by atoms with Crippen LogP contribution in [0.3, 0.4) is 0 Å². The van der Waals surface area contributed by atoms with Crippen LogP contribution in [0.4, 0.5) is 0 Å². The number of nitrogens with one attached hydrogen (secondary N) is 1. The highest BCUT2D eigenvalue weighted by Gasteiger charge is 2.34. The first-order valence-corrected chi connectivity index (χ1v) is 10.7. The molecule has 2 aromatic rings. The number of fused-ring (bicyclic) bond motifs is 1. The Balaban J connectivity index is 1.43. The zero-order valence-electron chi connectivity index (χ0n) is 15.9. The molecule has 2 heterocycles. The lowest BCUT2D eigenvalue weighted by atomic mass is 10.1. The zero-order valence-corrected chi connectivity index (χ0v) is 18.2. The van der Waals surface area contributed by atoms with Gasteiger partial charge < -0.3 is 19.7 Å². The van der Waals surface area contributed by atoms with E-state index in [1.54, 1.807) is 29.2 Å². The Bertz CT molecular complexity index is 998. The van der Waals surface area contributed by atoms with E-state index in [4.69, 9.17) is 44.3 Å². The van der Waals surface area contributed by atoms with E-state index in [1.165, 1.54) is 6.07 Å². The molecule has 1 unspecified atom stereocenters. The van der Waals surface area contributed by atoms with E-state index in [-0.39, 0.29) is 18.4 Å². The van der Waals surface area contributed by atoms with E-state index in [0.29, 0.717) is 58.3 Å². The Morgan fingerprint density at radius 2 is 1.83 bits per heavy atom. The highest BCUT2D eigenvalue weighted by Crippen LogP contribution is 2.38. The summed E-state index contributed by atoms with van der Waals surface area (Å²) >= 11 is 18.2. The molecule has 1 N–H and O–H groups in total. The number of ether oxygens (including phenoxy) is 2. The normalized spacial score (nSPS) is 17.7. The fourth-order valence-electron chi connectivity index (χ4n) is 3.65. The highest BCUT2D eigenvalue weighted by molar-refractivity contribution is 6.42. The molecule has 158 valence electrons. The maximum absolute atomic E-state index is 12.9. The third-order valence-electron chi connectivity index (χ3n) is 5.11. The van der Waals surface area contributed by atoms with Crippen LogP contribution < -0.4 is 14.8 Å². The number of halogens is 3. The number of amides is 2. The molecular formula is C21H19Cl3N2O4. The summed E-state index contributed by atoms with van der Waals surface area (Å²) in [5, 5.41) is 4.02. The van der Waals surface area contributed by atoms with Gasteiger partial charge in [0.15, 0.2) is 11.5 Å². The molecule has 0 spiro atoms. The summed E-state index contributed by atoms with van der Waals surface area (Å²) in [7, 11) is 0. The molecule has 0 saturated carbocycles. The Labute approximate surface area is 189 Å². The second kappa shape index (κ2) is 8.92. The Morgan fingerprint density at radius 1 is 1.03 bits per heavy atom. The zero-order chi connectivity index (χ0) is 21.3. The van der Waals surface area contributed by atoms with E-state index < -0.39 is 6.04 Å². The van der Waals surface area contributed by atoms with Crippen LogP contribution in [0.25, 0.3) is 0 Å². The molecule has 2 aromatic carbocycles. The standard InChI is InChI=1S/C21H19Cl3N2O4/c22-14-4-3-13(10-15(14)23)21(28)26-5-1-2-17(26)20(27)25-11-12-8-16(24)19-18(9-12)29-6-7-30-19/h3-4,8-10,17H,1-2,5-7,11H2,(H,25,27). The number of nitrogens with zero attached hydrogens (tertiary/aromatic N) is 1. The molecular weight excluding hydrogens is 451 g/mol. The topological polar surface area (TPSA) is 67.9 Å². The summed E-state index contributed by atoms with van der Waals surface area (Å²) in [6.45, 7) is 1.67. The second-order valence-corrected chi connectivity index (χ2v) is 8.33. The fraction of sp³-hybridized carbons (Fsp3) is 0.333. The number of hydrogen-bond donors (Lipinski definition) is 1. The predicted octanol–water partition coefficient (Wildman–Crippen LogP) is 4.34. The van der Waals surface area contributed by atoms with Crippen molar-refractivity contribution in [2.24, 2.45) is 0 Å². The molecule has 0 aliphatic carbocycles. The van der Waals surface area contributed by atoms with Crippen molar-refractivity contribution in [1.82, 2.24) is 10.2 Å². The first kappa shape index (κ1) is 21.1. The van der Waals surface area contributed by atoms with Gasteiger partial charge in [-0.05, 0) is 48.7 Å². The molecule has 1 atom stereocenters. The van der Waals surface area contributed by atoms with E-state index >= 15 is 0 Å². The molecule has 9 heteroatoms. The first-order valence-electron chi connectivity index (χ1n) is 9.56. The molecule has 0 radical (unpaired) electrons. The molecule has 2 aliphatic heterocycles. The van der Waals surface area contributed by atoms with Gasteiger partial charge in [0.05, 0.1) is 15.1 Å². The van der Waals surface area contributed by atoms with Gasteiger partial charge in [0, 0.05) is 18.7 Å². The maximum atomic E-state index is 12.9.